The van der Waals surface area contributed by atoms with E-state index in [2.05, 4.69) is 9.97 Å². The molecule has 2 heterocycles. The number of aryl methyl sites for hydroxylation is 2. The first-order chi connectivity index (χ1) is 6.20. The van der Waals surface area contributed by atoms with Gasteiger partial charge < -0.3 is 4.40 Å². The number of imidazole rings is 1. The van der Waals surface area contributed by atoms with Gasteiger partial charge in [0.2, 0.25) is 0 Å². The van der Waals surface area contributed by atoms with Crippen molar-refractivity contribution in [3.8, 4) is 0 Å². The van der Waals surface area contributed by atoms with Crippen LogP contribution < -0.4 is 0 Å². The molecule has 68 valence electrons. The molecular weight excluding hydrogens is 169 g/mol. The van der Waals surface area contributed by atoms with Gasteiger partial charge in [-0.15, -0.1) is 0 Å². The molecule has 0 saturated carbocycles. The Balaban J connectivity index is 2.75. The van der Waals surface area contributed by atoms with Crippen LogP contribution in [-0.4, -0.2) is 14.4 Å². The maximum Gasteiger partial charge on any atom is 0.158 e. The molecule has 0 aliphatic heterocycles. The number of hydrogen-bond donors (Lipinski definition) is 0. The number of alkyl halides is 1. The van der Waals surface area contributed by atoms with E-state index < -0.39 is 6.67 Å². The van der Waals surface area contributed by atoms with Gasteiger partial charge in [0, 0.05) is 12.4 Å². The predicted octanol–water partition coefficient (Wildman–Crippen LogP) is 1.82. The number of halogens is 1. The van der Waals surface area contributed by atoms with Crippen molar-refractivity contribution in [2.45, 2.75) is 20.5 Å². The molecule has 0 unspecified atom stereocenters. The van der Waals surface area contributed by atoms with E-state index >= 15 is 0 Å². The first-order valence-corrected chi connectivity index (χ1v) is 4.08. The second kappa shape index (κ2) is 2.80. The Labute approximate surface area is 75.2 Å². The third kappa shape index (κ3) is 1.28. The molecule has 4 heteroatoms. The maximum atomic E-state index is 12.3. The maximum absolute atomic E-state index is 12.3. The Hall–Kier alpha value is -1.45. The van der Waals surface area contributed by atoms with Crippen molar-refractivity contribution in [3.05, 3.63) is 29.5 Å². The zero-order valence-electron chi connectivity index (χ0n) is 7.58. The zero-order valence-corrected chi connectivity index (χ0v) is 7.58. The summed E-state index contributed by atoms with van der Waals surface area (Å²) < 4.78 is 14.2. The van der Waals surface area contributed by atoms with Crippen LogP contribution in [0.4, 0.5) is 4.39 Å². The highest BCUT2D eigenvalue weighted by Crippen LogP contribution is 2.09. The summed E-state index contributed by atoms with van der Waals surface area (Å²) in [5, 5.41) is 0. The lowest BCUT2D eigenvalue weighted by atomic mass is 10.4. The van der Waals surface area contributed by atoms with Gasteiger partial charge in [-0.25, -0.2) is 14.4 Å². The first kappa shape index (κ1) is 8.16. The summed E-state index contributed by atoms with van der Waals surface area (Å²) in [4.78, 5) is 8.34. The van der Waals surface area contributed by atoms with Crippen LogP contribution in [0.15, 0.2) is 12.4 Å². The van der Waals surface area contributed by atoms with Crippen molar-refractivity contribution < 1.29 is 4.39 Å². The van der Waals surface area contributed by atoms with Gasteiger partial charge in [-0.1, -0.05) is 0 Å². The minimum absolute atomic E-state index is 0.447. The number of aromatic nitrogens is 3. The van der Waals surface area contributed by atoms with Crippen LogP contribution in [0.3, 0.4) is 0 Å². The lowest BCUT2D eigenvalue weighted by Crippen LogP contribution is -1.96. The van der Waals surface area contributed by atoms with E-state index in [1.54, 1.807) is 6.20 Å². The van der Waals surface area contributed by atoms with Gasteiger partial charge in [0.15, 0.2) is 5.65 Å². The van der Waals surface area contributed by atoms with Crippen LogP contribution in [0.2, 0.25) is 0 Å². The minimum atomic E-state index is -0.534. The van der Waals surface area contributed by atoms with Gasteiger partial charge in [0.25, 0.3) is 0 Å². The molecule has 2 aromatic rings. The average Bonchev–Trinajstić information content (AvgIpc) is 2.46. The van der Waals surface area contributed by atoms with Crippen molar-refractivity contribution in [1.82, 2.24) is 14.4 Å². The van der Waals surface area contributed by atoms with Gasteiger partial charge in [0.05, 0.1) is 17.1 Å². The molecule has 0 aliphatic rings. The Kier molecular flexibility index (Phi) is 1.76. The monoisotopic (exact) mass is 179 g/mol. The Morgan fingerprint density at radius 2 is 2.08 bits per heavy atom. The highest BCUT2D eigenvalue weighted by molar-refractivity contribution is 5.44. The normalized spacial score (nSPS) is 11.0. The van der Waals surface area contributed by atoms with E-state index in [1.165, 1.54) is 0 Å². The molecule has 0 fully saturated rings. The van der Waals surface area contributed by atoms with E-state index in [9.17, 15) is 4.39 Å². The number of fused-ring (bicyclic) bond motifs is 1. The standard InChI is InChI=1S/C9H10FN3/c1-6-4-13-5-8(3-10)12-7(2)9(13)11-6/h4-5H,3H2,1-2H3. The molecule has 2 rings (SSSR count). The molecule has 0 spiro atoms. The second-order valence-corrected chi connectivity index (χ2v) is 3.06. The van der Waals surface area contributed by atoms with Gasteiger partial charge in [-0.05, 0) is 13.8 Å². The van der Waals surface area contributed by atoms with Crippen LogP contribution in [0.1, 0.15) is 17.1 Å². The molecule has 0 N–H and O–H groups in total. The van der Waals surface area contributed by atoms with Gasteiger partial charge >= 0.3 is 0 Å². The number of rotatable bonds is 1. The summed E-state index contributed by atoms with van der Waals surface area (Å²) in [7, 11) is 0. The highest BCUT2D eigenvalue weighted by Gasteiger charge is 2.04. The fourth-order valence-electron chi connectivity index (χ4n) is 1.40. The van der Waals surface area contributed by atoms with Crippen molar-refractivity contribution in [2.75, 3.05) is 0 Å². The van der Waals surface area contributed by atoms with Crippen LogP contribution in [-0.2, 0) is 6.67 Å². The van der Waals surface area contributed by atoms with Crippen molar-refractivity contribution in [2.24, 2.45) is 0 Å². The number of nitrogens with zero attached hydrogens (tertiary/aromatic N) is 3. The van der Waals surface area contributed by atoms with Crippen LogP contribution in [0.25, 0.3) is 5.65 Å². The third-order valence-corrected chi connectivity index (χ3v) is 1.91. The van der Waals surface area contributed by atoms with Crippen molar-refractivity contribution in [3.63, 3.8) is 0 Å². The molecule has 0 saturated heterocycles. The fraction of sp³-hybridized carbons (Fsp3) is 0.333. The SMILES string of the molecule is Cc1cn2cc(CF)nc(C)c2n1. The summed E-state index contributed by atoms with van der Waals surface area (Å²) in [6.07, 6.45) is 3.53. The molecule has 0 bridgehead atoms. The largest absolute Gasteiger partial charge is 0.303 e. The quantitative estimate of drug-likeness (QED) is 0.668. The average molecular weight is 179 g/mol. The summed E-state index contributed by atoms with van der Waals surface area (Å²) in [6, 6.07) is 0. The summed E-state index contributed by atoms with van der Waals surface area (Å²) in [5.41, 5.74) is 2.93. The molecule has 0 aromatic carbocycles. The van der Waals surface area contributed by atoms with Crippen LogP contribution >= 0.6 is 0 Å². The van der Waals surface area contributed by atoms with Gasteiger partial charge in [0.1, 0.15) is 6.67 Å². The van der Waals surface area contributed by atoms with Gasteiger partial charge in [-0.2, -0.15) is 0 Å². The van der Waals surface area contributed by atoms with E-state index in [-0.39, 0.29) is 0 Å². The Morgan fingerprint density at radius 1 is 1.31 bits per heavy atom. The molecule has 2 aromatic heterocycles. The van der Waals surface area contributed by atoms with E-state index in [1.807, 2.05) is 24.4 Å². The van der Waals surface area contributed by atoms with Crippen LogP contribution in [0.5, 0.6) is 0 Å². The zero-order chi connectivity index (χ0) is 9.42. The lowest BCUT2D eigenvalue weighted by Gasteiger charge is -1.99. The highest BCUT2D eigenvalue weighted by atomic mass is 19.1. The summed E-state index contributed by atoms with van der Waals surface area (Å²) in [5.74, 6) is 0. The van der Waals surface area contributed by atoms with Crippen molar-refractivity contribution in [1.29, 1.82) is 0 Å². The predicted molar refractivity (Wildman–Crippen MR) is 47.3 cm³/mol. The Bertz CT molecular complexity index is 447. The van der Waals surface area contributed by atoms with E-state index in [4.69, 9.17) is 0 Å². The smallest absolute Gasteiger partial charge is 0.158 e. The molecular formula is C9H10FN3. The summed E-state index contributed by atoms with van der Waals surface area (Å²) in [6.45, 7) is 3.20. The van der Waals surface area contributed by atoms with Crippen LogP contribution in [0, 0.1) is 13.8 Å². The lowest BCUT2D eigenvalue weighted by molar-refractivity contribution is 0.473. The molecule has 3 nitrogen and oxygen atoms in total. The second-order valence-electron chi connectivity index (χ2n) is 3.06. The minimum Gasteiger partial charge on any atom is -0.303 e. The van der Waals surface area contributed by atoms with Crippen molar-refractivity contribution >= 4 is 5.65 Å². The first-order valence-electron chi connectivity index (χ1n) is 4.08. The fourth-order valence-corrected chi connectivity index (χ4v) is 1.40. The topological polar surface area (TPSA) is 30.2 Å². The molecule has 13 heavy (non-hydrogen) atoms. The Morgan fingerprint density at radius 3 is 2.77 bits per heavy atom. The molecule has 0 radical (unpaired) electrons. The third-order valence-electron chi connectivity index (χ3n) is 1.91. The number of hydrogen-bond acceptors (Lipinski definition) is 2. The van der Waals surface area contributed by atoms with Gasteiger partial charge in [-0.3, -0.25) is 0 Å². The van der Waals surface area contributed by atoms with E-state index in [0.29, 0.717) is 5.69 Å². The molecule has 0 aliphatic carbocycles. The summed E-state index contributed by atoms with van der Waals surface area (Å²) >= 11 is 0. The molecule has 0 atom stereocenters. The molecule has 0 amide bonds. The van der Waals surface area contributed by atoms with E-state index in [0.717, 1.165) is 17.0 Å².